The summed E-state index contributed by atoms with van der Waals surface area (Å²) in [6, 6.07) is 34.2. The van der Waals surface area contributed by atoms with Crippen LogP contribution in [0.3, 0.4) is 0 Å². The molecule has 0 bridgehead atoms. The van der Waals surface area contributed by atoms with Crippen LogP contribution in [0.1, 0.15) is 28.5 Å². The quantitative estimate of drug-likeness (QED) is 0.278. The van der Waals surface area contributed by atoms with E-state index in [-0.39, 0.29) is 5.78 Å². The Morgan fingerprint density at radius 1 is 0.724 bits per heavy atom. The second-order valence-corrected chi connectivity index (χ2v) is 6.87. The molecule has 1 heterocycles. The first-order valence-corrected chi connectivity index (χ1v) is 9.89. The van der Waals surface area contributed by atoms with E-state index >= 15 is 0 Å². The van der Waals surface area contributed by atoms with Crippen LogP contribution in [-0.2, 0) is 6.54 Å². The molecule has 0 radical (unpaired) electrons. The summed E-state index contributed by atoms with van der Waals surface area (Å²) in [6.07, 6.45) is 1.76. The predicted molar refractivity (Wildman–Crippen MR) is 120 cm³/mol. The fourth-order valence-corrected chi connectivity index (χ4v) is 3.64. The van der Waals surface area contributed by atoms with E-state index in [0.717, 1.165) is 29.1 Å². The summed E-state index contributed by atoms with van der Waals surface area (Å²) in [6.45, 7) is 2.95. The molecule has 3 aromatic carbocycles. The first kappa shape index (κ1) is 18.7. The van der Waals surface area contributed by atoms with Crippen molar-refractivity contribution in [1.29, 1.82) is 0 Å². The Labute approximate surface area is 171 Å². The average molecular weight is 377 g/mol. The Balaban J connectivity index is 1.86. The van der Waals surface area contributed by atoms with Gasteiger partial charge in [-0.05, 0) is 36.3 Å². The fourth-order valence-electron chi connectivity index (χ4n) is 3.64. The van der Waals surface area contributed by atoms with Gasteiger partial charge in [-0.3, -0.25) is 4.79 Å². The zero-order valence-electron chi connectivity index (χ0n) is 16.5. The van der Waals surface area contributed by atoms with Crippen LogP contribution in [0.4, 0.5) is 0 Å². The van der Waals surface area contributed by atoms with E-state index in [1.807, 2.05) is 54.6 Å². The highest BCUT2D eigenvalue weighted by atomic mass is 16.1. The highest BCUT2D eigenvalue weighted by Gasteiger charge is 2.15. The van der Waals surface area contributed by atoms with Crippen LogP contribution in [0.15, 0.2) is 109 Å². The molecule has 2 heteroatoms. The van der Waals surface area contributed by atoms with Crippen molar-refractivity contribution in [3.8, 4) is 11.3 Å². The summed E-state index contributed by atoms with van der Waals surface area (Å²) in [4.78, 5) is 13.0. The Morgan fingerprint density at radius 3 is 1.86 bits per heavy atom. The lowest BCUT2D eigenvalue weighted by molar-refractivity contribution is 0.104. The number of carbonyl (C=O) groups excluding carboxylic acids is 1. The number of hydrogen-bond donors (Lipinski definition) is 0. The minimum absolute atomic E-state index is 0.00886. The Hall–Kier alpha value is -3.65. The van der Waals surface area contributed by atoms with Crippen molar-refractivity contribution in [2.45, 2.75) is 13.5 Å². The maximum atomic E-state index is 13.0. The van der Waals surface area contributed by atoms with Crippen LogP contribution in [0.2, 0.25) is 0 Å². The van der Waals surface area contributed by atoms with E-state index in [1.54, 1.807) is 6.08 Å². The Kier molecular flexibility index (Phi) is 5.53. The average Bonchev–Trinajstić information content (AvgIpc) is 3.23. The van der Waals surface area contributed by atoms with Crippen molar-refractivity contribution in [3.63, 3.8) is 0 Å². The molecule has 0 fully saturated rings. The molecular weight excluding hydrogens is 354 g/mol. The molecular formula is C27H23NO. The normalized spacial score (nSPS) is 11.4. The fraction of sp³-hybridized carbons (Fsp3) is 0.0741. The maximum absolute atomic E-state index is 13.0. The third-order valence-electron chi connectivity index (χ3n) is 5.06. The van der Waals surface area contributed by atoms with E-state index in [0.29, 0.717) is 5.56 Å². The molecule has 0 aliphatic heterocycles. The minimum atomic E-state index is 0.00886. The van der Waals surface area contributed by atoms with Crippen molar-refractivity contribution < 1.29 is 4.79 Å². The van der Waals surface area contributed by atoms with Gasteiger partial charge in [-0.1, -0.05) is 91.0 Å². The van der Waals surface area contributed by atoms with Crippen molar-refractivity contribution >= 4 is 11.4 Å². The third-order valence-corrected chi connectivity index (χ3v) is 5.06. The lowest BCUT2D eigenvalue weighted by Gasteiger charge is -2.15. The number of rotatable bonds is 6. The topological polar surface area (TPSA) is 22.0 Å². The molecule has 4 rings (SSSR count). The van der Waals surface area contributed by atoms with E-state index < -0.39 is 0 Å². The van der Waals surface area contributed by atoms with Crippen molar-refractivity contribution in [1.82, 2.24) is 4.57 Å². The summed E-state index contributed by atoms with van der Waals surface area (Å²) in [7, 11) is 0. The number of benzene rings is 3. The summed E-state index contributed by atoms with van der Waals surface area (Å²) < 4.78 is 2.27. The summed E-state index contributed by atoms with van der Waals surface area (Å²) in [5.74, 6) is 0.00886. The van der Waals surface area contributed by atoms with Crippen LogP contribution in [-0.4, -0.2) is 10.4 Å². The number of nitrogens with zero attached hydrogens (tertiary/aromatic N) is 1. The molecule has 29 heavy (non-hydrogen) atoms. The standard InChI is InChI=1S/C27H23NO/c1-2-28-25(22-14-8-4-9-15-22)18-19-26(28)24(21-12-6-3-7-13-21)20-27(29)23-16-10-5-11-17-23/h3-20H,2H2,1H3. The van der Waals surface area contributed by atoms with Gasteiger partial charge in [0.25, 0.3) is 0 Å². The van der Waals surface area contributed by atoms with Gasteiger partial charge < -0.3 is 4.57 Å². The van der Waals surface area contributed by atoms with Gasteiger partial charge in [0.05, 0.1) is 0 Å². The Bertz CT molecular complexity index is 1120. The highest BCUT2D eigenvalue weighted by molar-refractivity contribution is 6.10. The van der Waals surface area contributed by atoms with E-state index in [2.05, 4.69) is 60.0 Å². The monoisotopic (exact) mass is 377 g/mol. The van der Waals surface area contributed by atoms with E-state index in [1.165, 1.54) is 5.56 Å². The van der Waals surface area contributed by atoms with Gasteiger partial charge in [-0.15, -0.1) is 0 Å². The van der Waals surface area contributed by atoms with Crippen LogP contribution in [0.5, 0.6) is 0 Å². The molecule has 0 unspecified atom stereocenters. The van der Waals surface area contributed by atoms with Crippen LogP contribution >= 0.6 is 0 Å². The minimum Gasteiger partial charge on any atom is -0.341 e. The third kappa shape index (κ3) is 3.97. The van der Waals surface area contributed by atoms with Crippen molar-refractivity contribution in [2.24, 2.45) is 0 Å². The van der Waals surface area contributed by atoms with Crippen molar-refractivity contribution in [3.05, 3.63) is 126 Å². The lowest BCUT2D eigenvalue weighted by atomic mass is 9.99. The van der Waals surface area contributed by atoms with Gasteiger partial charge in [0.1, 0.15) is 0 Å². The largest absolute Gasteiger partial charge is 0.341 e. The molecule has 0 atom stereocenters. The van der Waals surface area contributed by atoms with E-state index in [9.17, 15) is 4.79 Å². The van der Waals surface area contributed by atoms with Crippen LogP contribution in [0, 0.1) is 0 Å². The number of allylic oxidation sites excluding steroid dienone is 1. The number of hydrogen-bond acceptors (Lipinski definition) is 1. The van der Waals surface area contributed by atoms with Gasteiger partial charge in [0, 0.05) is 29.1 Å². The molecule has 0 saturated carbocycles. The molecule has 0 saturated heterocycles. The van der Waals surface area contributed by atoms with Crippen LogP contribution in [0.25, 0.3) is 16.8 Å². The zero-order valence-corrected chi connectivity index (χ0v) is 16.5. The second kappa shape index (κ2) is 8.57. The lowest BCUT2D eigenvalue weighted by Crippen LogP contribution is -2.05. The molecule has 0 amide bonds. The van der Waals surface area contributed by atoms with Gasteiger partial charge >= 0.3 is 0 Å². The second-order valence-electron chi connectivity index (χ2n) is 6.87. The van der Waals surface area contributed by atoms with Crippen molar-refractivity contribution in [2.75, 3.05) is 0 Å². The molecule has 0 aliphatic rings. The molecule has 0 N–H and O–H groups in total. The Morgan fingerprint density at radius 2 is 1.28 bits per heavy atom. The SMILES string of the molecule is CCn1c(C(=CC(=O)c2ccccc2)c2ccccc2)ccc1-c1ccccc1. The molecule has 2 nitrogen and oxygen atoms in total. The molecule has 1 aromatic heterocycles. The van der Waals surface area contributed by atoms with Gasteiger partial charge in [-0.25, -0.2) is 0 Å². The van der Waals surface area contributed by atoms with Gasteiger partial charge in [0.15, 0.2) is 5.78 Å². The molecule has 142 valence electrons. The highest BCUT2D eigenvalue weighted by Crippen LogP contribution is 2.30. The first-order chi connectivity index (χ1) is 14.3. The van der Waals surface area contributed by atoms with Crippen LogP contribution < -0.4 is 0 Å². The maximum Gasteiger partial charge on any atom is 0.186 e. The smallest absolute Gasteiger partial charge is 0.186 e. The molecule has 4 aromatic rings. The zero-order chi connectivity index (χ0) is 20.1. The predicted octanol–water partition coefficient (Wildman–Crippen LogP) is 6.49. The summed E-state index contributed by atoms with van der Waals surface area (Å²) >= 11 is 0. The summed E-state index contributed by atoms with van der Waals surface area (Å²) in [5, 5.41) is 0. The molecule has 0 spiro atoms. The number of ketones is 1. The van der Waals surface area contributed by atoms with E-state index in [4.69, 9.17) is 0 Å². The molecule has 0 aliphatic carbocycles. The number of aromatic nitrogens is 1. The van der Waals surface area contributed by atoms with Gasteiger partial charge in [-0.2, -0.15) is 0 Å². The number of carbonyl (C=O) groups is 1. The van der Waals surface area contributed by atoms with Gasteiger partial charge in [0.2, 0.25) is 0 Å². The first-order valence-electron chi connectivity index (χ1n) is 9.89. The summed E-state index contributed by atoms with van der Waals surface area (Å²) in [5.41, 5.74) is 6.02.